The summed E-state index contributed by atoms with van der Waals surface area (Å²) >= 11 is 0. The van der Waals surface area contributed by atoms with Gasteiger partial charge in [0.25, 0.3) is 5.56 Å². The number of fused-ring (bicyclic) bond motifs is 1. The van der Waals surface area contributed by atoms with Gasteiger partial charge in [-0.2, -0.15) is 0 Å². The summed E-state index contributed by atoms with van der Waals surface area (Å²) in [6.45, 7) is 3.16. The third-order valence-electron chi connectivity index (χ3n) is 4.68. The fraction of sp³-hybridized carbons (Fsp3) is 0.562. The Bertz CT molecular complexity index is 526. The molecular formula is C16H21NO. The lowest BCUT2D eigenvalue weighted by molar-refractivity contribution is 0.247. The van der Waals surface area contributed by atoms with E-state index in [-0.39, 0.29) is 5.56 Å². The molecule has 2 nitrogen and oxygen atoms in total. The molecule has 0 saturated carbocycles. The largest absolute Gasteiger partial charge is 0.313 e. The molecule has 0 unspecified atom stereocenters. The van der Waals surface area contributed by atoms with Gasteiger partial charge >= 0.3 is 0 Å². The van der Waals surface area contributed by atoms with Gasteiger partial charge in [-0.15, -0.1) is 0 Å². The van der Waals surface area contributed by atoms with E-state index in [0.717, 1.165) is 24.8 Å². The van der Waals surface area contributed by atoms with Crippen molar-refractivity contribution in [2.45, 2.75) is 45.6 Å². The van der Waals surface area contributed by atoms with Crippen LogP contribution in [0.4, 0.5) is 0 Å². The lowest BCUT2D eigenvalue weighted by Crippen LogP contribution is -2.32. The fourth-order valence-corrected chi connectivity index (χ4v) is 3.48. The van der Waals surface area contributed by atoms with E-state index in [4.69, 9.17) is 0 Å². The van der Waals surface area contributed by atoms with E-state index in [1.807, 2.05) is 10.6 Å². The minimum Gasteiger partial charge on any atom is -0.313 e. The molecule has 2 atom stereocenters. The Morgan fingerprint density at radius 1 is 1.22 bits per heavy atom. The van der Waals surface area contributed by atoms with E-state index in [1.54, 1.807) is 11.6 Å². The second-order valence-electron chi connectivity index (χ2n) is 5.84. The summed E-state index contributed by atoms with van der Waals surface area (Å²) < 4.78 is 1.96. The zero-order chi connectivity index (χ0) is 12.5. The van der Waals surface area contributed by atoms with Gasteiger partial charge in [0.1, 0.15) is 0 Å². The molecule has 96 valence electrons. The van der Waals surface area contributed by atoms with E-state index in [1.165, 1.54) is 31.4 Å². The molecule has 3 rings (SSSR count). The molecule has 0 N–H and O–H groups in total. The summed E-state index contributed by atoms with van der Waals surface area (Å²) in [6, 6.07) is 5.70. The van der Waals surface area contributed by atoms with Gasteiger partial charge in [-0.05, 0) is 56.9 Å². The molecule has 2 heterocycles. The van der Waals surface area contributed by atoms with Crippen molar-refractivity contribution in [2.75, 3.05) is 0 Å². The van der Waals surface area contributed by atoms with E-state index in [9.17, 15) is 4.79 Å². The first kappa shape index (κ1) is 11.8. The highest BCUT2D eigenvalue weighted by atomic mass is 16.1. The Hall–Kier alpha value is -1.31. The van der Waals surface area contributed by atoms with E-state index < -0.39 is 0 Å². The van der Waals surface area contributed by atoms with Crippen LogP contribution in [0, 0.1) is 11.8 Å². The maximum atomic E-state index is 11.7. The van der Waals surface area contributed by atoms with Crippen LogP contribution >= 0.6 is 0 Å². The number of hydrogen-bond acceptors (Lipinski definition) is 1. The van der Waals surface area contributed by atoms with E-state index >= 15 is 0 Å². The van der Waals surface area contributed by atoms with Gasteiger partial charge in [-0.1, -0.05) is 17.7 Å². The van der Waals surface area contributed by atoms with Crippen LogP contribution in [0.3, 0.4) is 0 Å². The van der Waals surface area contributed by atoms with Crippen molar-refractivity contribution in [1.82, 2.24) is 4.57 Å². The highest BCUT2D eigenvalue weighted by molar-refractivity contribution is 5.11. The molecule has 0 radical (unpaired) electrons. The Labute approximate surface area is 108 Å². The fourth-order valence-electron chi connectivity index (χ4n) is 3.48. The predicted octanol–water partition coefficient (Wildman–Crippen LogP) is 3.16. The molecular weight excluding hydrogens is 222 g/mol. The van der Waals surface area contributed by atoms with Crippen molar-refractivity contribution in [1.29, 1.82) is 0 Å². The van der Waals surface area contributed by atoms with Crippen LogP contribution in [0.15, 0.2) is 34.6 Å². The molecule has 1 aromatic rings. The van der Waals surface area contributed by atoms with Crippen LogP contribution in [0.5, 0.6) is 0 Å². The Kier molecular flexibility index (Phi) is 3.11. The number of pyridine rings is 1. The molecule has 0 aromatic carbocycles. The van der Waals surface area contributed by atoms with Crippen LogP contribution in [0.2, 0.25) is 0 Å². The third kappa shape index (κ3) is 2.16. The van der Waals surface area contributed by atoms with Crippen LogP contribution < -0.4 is 5.56 Å². The molecule has 1 aliphatic heterocycles. The molecule has 2 aliphatic rings. The first-order valence-electron chi connectivity index (χ1n) is 7.08. The number of nitrogens with zero attached hydrogens (tertiary/aromatic N) is 1. The van der Waals surface area contributed by atoms with Gasteiger partial charge in [0.15, 0.2) is 0 Å². The molecule has 0 amide bonds. The monoisotopic (exact) mass is 243 g/mol. The lowest BCUT2D eigenvalue weighted by atomic mass is 9.76. The van der Waals surface area contributed by atoms with Crippen molar-refractivity contribution in [3.8, 4) is 0 Å². The first-order chi connectivity index (χ1) is 8.74. The molecule has 0 fully saturated rings. The lowest BCUT2D eigenvalue weighted by Gasteiger charge is -2.33. The van der Waals surface area contributed by atoms with Gasteiger partial charge < -0.3 is 4.57 Å². The standard InChI is InChI=1S/C16H21NO/c1-12-5-7-13(8-6-12)14-9-10-17-15(11-14)3-2-4-16(17)18/h2-5,13-14H,6-11H2,1H3/t13-,14+/m0/s1. The second kappa shape index (κ2) is 4.75. The zero-order valence-electron chi connectivity index (χ0n) is 11.1. The van der Waals surface area contributed by atoms with Crippen LogP contribution in [0.25, 0.3) is 0 Å². The topological polar surface area (TPSA) is 22.0 Å². The summed E-state index contributed by atoms with van der Waals surface area (Å²) in [6.07, 6.45) is 8.53. The predicted molar refractivity (Wildman–Crippen MR) is 73.6 cm³/mol. The quantitative estimate of drug-likeness (QED) is 0.694. The minimum absolute atomic E-state index is 0.172. The van der Waals surface area contributed by atoms with Gasteiger partial charge in [-0.3, -0.25) is 4.79 Å². The molecule has 2 heteroatoms. The van der Waals surface area contributed by atoms with Gasteiger partial charge in [0, 0.05) is 18.3 Å². The number of rotatable bonds is 1. The normalized spacial score (nSPS) is 27.5. The van der Waals surface area contributed by atoms with Crippen molar-refractivity contribution in [2.24, 2.45) is 11.8 Å². The van der Waals surface area contributed by atoms with Crippen molar-refractivity contribution >= 4 is 0 Å². The van der Waals surface area contributed by atoms with Crippen LogP contribution in [-0.2, 0) is 13.0 Å². The Morgan fingerprint density at radius 2 is 2.11 bits per heavy atom. The number of aromatic nitrogens is 1. The average molecular weight is 243 g/mol. The van der Waals surface area contributed by atoms with E-state index in [0.29, 0.717) is 0 Å². The molecule has 0 saturated heterocycles. The smallest absolute Gasteiger partial charge is 0.250 e. The minimum atomic E-state index is 0.172. The Morgan fingerprint density at radius 3 is 2.89 bits per heavy atom. The maximum Gasteiger partial charge on any atom is 0.250 e. The highest BCUT2D eigenvalue weighted by Crippen LogP contribution is 2.35. The van der Waals surface area contributed by atoms with Crippen LogP contribution in [0.1, 0.15) is 38.3 Å². The van der Waals surface area contributed by atoms with Crippen molar-refractivity contribution < 1.29 is 0 Å². The average Bonchev–Trinajstić information content (AvgIpc) is 2.39. The highest BCUT2D eigenvalue weighted by Gasteiger charge is 2.27. The van der Waals surface area contributed by atoms with Crippen molar-refractivity contribution in [3.05, 3.63) is 45.9 Å². The summed E-state index contributed by atoms with van der Waals surface area (Å²) in [5.41, 5.74) is 2.97. The maximum absolute atomic E-state index is 11.7. The third-order valence-corrected chi connectivity index (χ3v) is 4.68. The van der Waals surface area contributed by atoms with Gasteiger partial charge in [0.2, 0.25) is 0 Å². The summed E-state index contributed by atoms with van der Waals surface area (Å²) in [4.78, 5) is 11.7. The molecule has 0 bridgehead atoms. The molecule has 18 heavy (non-hydrogen) atoms. The second-order valence-corrected chi connectivity index (χ2v) is 5.84. The summed E-state index contributed by atoms with van der Waals surface area (Å²) in [5.74, 6) is 1.61. The van der Waals surface area contributed by atoms with Gasteiger partial charge in [0.05, 0.1) is 0 Å². The van der Waals surface area contributed by atoms with Gasteiger partial charge in [-0.25, -0.2) is 0 Å². The van der Waals surface area contributed by atoms with Crippen LogP contribution in [-0.4, -0.2) is 4.57 Å². The van der Waals surface area contributed by atoms with Crippen molar-refractivity contribution in [3.63, 3.8) is 0 Å². The first-order valence-corrected chi connectivity index (χ1v) is 7.08. The number of hydrogen-bond donors (Lipinski definition) is 0. The number of allylic oxidation sites excluding steroid dienone is 2. The molecule has 1 aromatic heterocycles. The summed E-state index contributed by atoms with van der Waals surface area (Å²) in [7, 11) is 0. The SMILES string of the molecule is CC1=CC[C@H]([C@@H]2CCn3c(cccc3=O)C2)CC1. The zero-order valence-corrected chi connectivity index (χ0v) is 11.1. The molecule has 0 spiro atoms. The van der Waals surface area contributed by atoms with E-state index in [2.05, 4.69) is 19.1 Å². The Balaban J connectivity index is 1.77. The summed E-state index contributed by atoms with van der Waals surface area (Å²) in [5, 5.41) is 0. The molecule has 1 aliphatic carbocycles.